The van der Waals surface area contributed by atoms with Gasteiger partial charge in [-0.2, -0.15) is 15.1 Å². The van der Waals surface area contributed by atoms with Gasteiger partial charge in [0.05, 0.1) is 47.0 Å². The van der Waals surface area contributed by atoms with Gasteiger partial charge in [0, 0.05) is 69.8 Å². The summed E-state index contributed by atoms with van der Waals surface area (Å²) in [7, 11) is 3.35. The summed E-state index contributed by atoms with van der Waals surface area (Å²) in [6.07, 6.45) is 6.51. The number of rotatable bonds is 5. The number of aryl methyl sites for hydroxylation is 1. The summed E-state index contributed by atoms with van der Waals surface area (Å²) in [4.78, 5) is 60.9. The van der Waals surface area contributed by atoms with E-state index in [1.807, 2.05) is 26.2 Å². The zero-order valence-electron chi connectivity index (χ0n) is 33.7. The van der Waals surface area contributed by atoms with Crippen molar-refractivity contribution >= 4 is 51.6 Å². The lowest BCUT2D eigenvalue weighted by Gasteiger charge is -2.41. The molecule has 1 aliphatic carbocycles. The molecule has 0 spiro atoms. The third kappa shape index (κ3) is 6.18. The van der Waals surface area contributed by atoms with Gasteiger partial charge < -0.3 is 39.3 Å². The number of anilines is 3. The minimum Gasteiger partial charge on any atom is -0.506 e. The molecule has 3 unspecified atom stereocenters. The summed E-state index contributed by atoms with van der Waals surface area (Å²) in [6.45, 7) is 3.25. The first-order valence-electron chi connectivity index (χ1n) is 20.7. The molecule has 4 aromatic heterocycles. The average molecular weight is 832 g/mol. The van der Waals surface area contributed by atoms with Crippen molar-refractivity contribution in [3.05, 3.63) is 66.3 Å². The number of hydrogen-bond acceptors (Lipinski definition) is 13. The van der Waals surface area contributed by atoms with Crippen molar-refractivity contribution in [3.63, 3.8) is 0 Å². The molecule has 6 bridgehead atoms. The number of piperazine rings is 1. The number of aromatic hydroxyl groups is 1. The molecule has 3 saturated heterocycles. The first-order valence-corrected chi connectivity index (χ1v) is 20.7. The SMILES string of the molecule is COC1CN(C)C(=O)C2CC(CN2c2nc(N3[C@H]4CC[C@H]3C(=O)N(C3CC3)C4)nc3c2cnn3-c2ccc(F)cc2O)Nc2nccc(n2)-c2cc(F)cc3nc(C)n(c23)C1. The number of likely N-dealkylation sites (tertiary alicyclic amines) is 1. The first-order chi connectivity index (χ1) is 29.5. The monoisotopic (exact) mass is 831 g/mol. The molecule has 2 aromatic carbocycles. The molecule has 8 heterocycles. The van der Waals surface area contributed by atoms with Crippen LogP contribution in [0, 0.1) is 18.6 Å². The predicted octanol–water partition coefficient (Wildman–Crippen LogP) is 3.80. The molecule has 11 rings (SSSR count). The number of likely N-dealkylation sites (N-methyl/N-ethyl adjacent to an activating group) is 1. The highest BCUT2D eigenvalue weighted by molar-refractivity contribution is 5.95. The highest BCUT2D eigenvalue weighted by Gasteiger charge is 2.51. The van der Waals surface area contributed by atoms with E-state index in [2.05, 4.69) is 20.4 Å². The van der Waals surface area contributed by atoms with Crippen molar-refractivity contribution < 1.29 is 28.2 Å². The van der Waals surface area contributed by atoms with E-state index in [0.29, 0.717) is 82.8 Å². The normalized spacial score (nSPS) is 24.2. The number of benzene rings is 2. The lowest BCUT2D eigenvalue weighted by atomic mass is 10.1. The van der Waals surface area contributed by atoms with E-state index < -0.39 is 29.8 Å². The van der Waals surface area contributed by atoms with Crippen molar-refractivity contribution in [1.29, 1.82) is 0 Å². The van der Waals surface area contributed by atoms with Crippen molar-refractivity contribution in [2.75, 3.05) is 48.9 Å². The molecule has 19 heteroatoms. The second-order valence-electron chi connectivity index (χ2n) is 16.8. The maximum absolute atomic E-state index is 15.2. The van der Waals surface area contributed by atoms with Gasteiger partial charge in [-0.1, -0.05) is 0 Å². The second kappa shape index (κ2) is 14.0. The standard InChI is InChI=1S/C42H43F2N13O4/c1-21-47-31-13-23(44)12-28-30-10-11-45-41(49-30)48-24-15-34(39(59)52(2)19-27(61-3)20-53(21)36(28)31)55(17-24)37-29-16-46-57(32-8-4-22(43)14-35(32)58)38(29)51-42(50-37)56-26-7-9-33(56)40(60)54(18-26)25-5-6-25/h4,8,10-14,16,24-27,33-34,58H,5-7,9,15,17-20H2,1-3H3,(H,45,48,49)/t24?,26-,27?,33-,34?/m0/s1. The smallest absolute Gasteiger partial charge is 0.245 e. The summed E-state index contributed by atoms with van der Waals surface area (Å²) in [5, 5.41) is 19.5. The number of amides is 2. The molecule has 5 aliphatic rings. The van der Waals surface area contributed by atoms with Gasteiger partial charge in [0.2, 0.25) is 23.7 Å². The lowest BCUT2D eigenvalue weighted by molar-refractivity contribution is -0.134. The molecule has 0 radical (unpaired) electrons. The Hall–Kier alpha value is -6.50. The fourth-order valence-electron chi connectivity index (χ4n) is 9.90. The summed E-state index contributed by atoms with van der Waals surface area (Å²) in [5.74, 6) is 0.162. The molecule has 4 aliphatic heterocycles. The summed E-state index contributed by atoms with van der Waals surface area (Å²) < 4.78 is 38.8. The number of methoxy groups -OCH3 is 1. The maximum Gasteiger partial charge on any atom is 0.245 e. The number of phenols is 1. The largest absolute Gasteiger partial charge is 0.506 e. The molecule has 1 saturated carbocycles. The highest BCUT2D eigenvalue weighted by Crippen LogP contribution is 2.42. The molecule has 61 heavy (non-hydrogen) atoms. The summed E-state index contributed by atoms with van der Waals surface area (Å²) in [6, 6.07) is 6.94. The number of carbonyl (C=O) groups excluding carboxylic acids is 2. The minimum atomic E-state index is -0.750. The molecular formula is C42H43F2N13O4. The number of ether oxygens (including phenoxy) is 1. The van der Waals surface area contributed by atoms with Gasteiger partial charge >= 0.3 is 0 Å². The van der Waals surface area contributed by atoms with E-state index in [1.54, 1.807) is 37.5 Å². The Bertz CT molecular complexity index is 2770. The zero-order valence-corrected chi connectivity index (χ0v) is 33.7. The van der Waals surface area contributed by atoms with E-state index in [9.17, 15) is 19.1 Å². The number of halogens is 2. The average Bonchev–Trinajstić information content (AvgIpc) is 3.54. The zero-order chi connectivity index (χ0) is 41.8. The van der Waals surface area contributed by atoms with Crippen LogP contribution in [0.15, 0.2) is 48.8 Å². The van der Waals surface area contributed by atoms with E-state index >= 15 is 4.39 Å². The molecule has 17 nitrogen and oxygen atoms in total. The number of nitrogens with zero attached hydrogens (tertiary/aromatic N) is 12. The highest BCUT2D eigenvalue weighted by atomic mass is 19.1. The molecule has 6 aromatic rings. The summed E-state index contributed by atoms with van der Waals surface area (Å²) in [5.41, 5.74) is 2.75. The van der Waals surface area contributed by atoms with Gasteiger partial charge in [0.1, 0.15) is 46.8 Å². The Morgan fingerprint density at radius 3 is 2.51 bits per heavy atom. The number of fused-ring (bicyclic) bond motifs is 8. The number of aromatic nitrogens is 8. The van der Waals surface area contributed by atoms with Crippen LogP contribution in [0.4, 0.5) is 26.5 Å². The van der Waals surface area contributed by atoms with Gasteiger partial charge in [-0.3, -0.25) is 9.59 Å². The van der Waals surface area contributed by atoms with Gasteiger partial charge in [0.15, 0.2) is 5.65 Å². The Morgan fingerprint density at radius 1 is 0.869 bits per heavy atom. The molecular weight excluding hydrogens is 789 g/mol. The Morgan fingerprint density at radius 2 is 1.70 bits per heavy atom. The van der Waals surface area contributed by atoms with E-state index in [4.69, 9.17) is 19.7 Å². The van der Waals surface area contributed by atoms with Crippen LogP contribution in [0.5, 0.6) is 5.75 Å². The topological polar surface area (TPSA) is 176 Å². The van der Waals surface area contributed by atoms with Crippen LogP contribution in [0.25, 0.3) is 39.0 Å². The van der Waals surface area contributed by atoms with Crippen LogP contribution in [0.3, 0.4) is 0 Å². The number of hydrogen-bond donors (Lipinski definition) is 2. The van der Waals surface area contributed by atoms with Crippen molar-refractivity contribution in [3.8, 4) is 22.7 Å². The second-order valence-corrected chi connectivity index (χ2v) is 16.8. The molecule has 314 valence electrons. The van der Waals surface area contributed by atoms with Crippen LogP contribution < -0.4 is 15.1 Å². The fourth-order valence-corrected chi connectivity index (χ4v) is 9.90. The van der Waals surface area contributed by atoms with Crippen molar-refractivity contribution in [2.45, 2.75) is 81.9 Å². The van der Waals surface area contributed by atoms with Crippen molar-refractivity contribution in [2.24, 2.45) is 0 Å². The van der Waals surface area contributed by atoms with E-state index in [-0.39, 0.29) is 54.5 Å². The Kier molecular flexibility index (Phi) is 8.63. The maximum atomic E-state index is 15.2. The van der Waals surface area contributed by atoms with Crippen LogP contribution in [-0.4, -0.2) is 136 Å². The number of imidazole rings is 1. The van der Waals surface area contributed by atoms with E-state index in [1.165, 1.54) is 28.9 Å². The Balaban J connectivity index is 1.04. The quantitative estimate of drug-likeness (QED) is 0.257. The molecule has 4 fully saturated rings. The van der Waals surface area contributed by atoms with Crippen molar-refractivity contribution in [1.82, 2.24) is 49.1 Å². The van der Waals surface area contributed by atoms with E-state index in [0.717, 1.165) is 25.3 Å². The molecule has 2 amide bonds. The summed E-state index contributed by atoms with van der Waals surface area (Å²) >= 11 is 0. The molecule has 5 atom stereocenters. The first kappa shape index (κ1) is 37.5. The number of nitrogens with one attached hydrogen (secondary N) is 1. The van der Waals surface area contributed by atoms with Gasteiger partial charge in [-0.05, 0) is 63.3 Å². The van der Waals surface area contributed by atoms with Crippen LogP contribution >= 0.6 is 0 Å². The van der Waals surface area contributed by atoms with Crippen LogP contribution in [-0.2, 0) is 20.9 Å². The lowest BCUT2D eigenvalue weighted by Crippen LogP contribution is -2.58. The fraction of sp³-hybridized carbons (Fsp3) is 0.429. The third-order valence-corrected chi connectivity index (χ3v) is 13.0. The van der Waals surface area contributed by atoms with Crippen LogP contribution in [0.2, 0.25) is 0 Å². The molecule has 2 N–H and O–H groups in total. The predicted molar refractivity (Wildman–Crippen MR) is 219 cm³/mol. The third-order valence-electron chi connectivity index (χ3n) is 13.0. The number of phenolic OH excluding ortho intramolecular Hbond substituents is 1. The van der Waals surface area contributed by atoms with Gasteiger partial charge in [0.25, 0.3) is 0 Å². The number of carbonyl (C=O) groups is 2. The minimum absolute atomic E-state index is 0.0197. The van der Waals surface area contributed by atoms with Gasteiger partial charge in [-0.15, -0.1) is 0 Å². The van der Waals surface area contributed by atoms with Gasteiger partial charge in [-0.25, -0.2) is 28.4 Å². The Labute approximate surface area is 348 Å². The van der Waals surface area contributed by atoms with Crippen LogP contribution in [0.1, 0.15) is 37.9 Å².